The Balaban J connectivity index is 1.55. The number of nitrogens with zero attached hydrogens (tertiary/aromatic N) is 1. The standard InChI is InChI=1S/C19H17Cl3N2O2/c1-24(10-18(25)23-11-6-7-16(21)17(22)8-11)19(26)14-9-13(14)12-4-2-3-5-15(12)20/h2-8,13-14H,9-10H2,1H3,(H,23,25). The zero-order valence-corrected chi connectivity index (χ0v) is 16.3. The maximum absolute atomic E-state index is 12.6. The summed E-state index contributed by atoms with van der Waals surface area (Å²) in [5.74, 6) is -0.358. The van der Waals surface area contributed by atoms with Crippen LogP contribution in [0.2, 0.25) is 15.1 Å². The first-order valence-electron chi connectivity index (χ1n) is 8.11. The molecule has 1 aliphatic carbocycles. The van der Waals surface area contributed by atoms with Crippen molar-refractivity contribution in [2.24, 2.45) is 5.92 Å². The molecule has 0 heterocycles. The van der Waals surface area contributed by atoms with E-state index in [1.807, 2.05) is 24.3 Å². The largest absolute Gasteiger partial charge is 0.336 e. The summed E-state index contributed by atoms with van der Waals surface area (Å²) in [6, 6.07) is 12.4. The molecule has 2 atom stereocenters. The molecule has 0 aromatic heterocycles. The summed E-state index contributed by atoms with van der Waals surface area (Å²) in [4.78, 5) is 26.2. The average Bonchev–Trinajstić information content (AvgIpc) is 3.38. The highest BCUT2D eigenvalue weighted by atomic mass is 35.5. The third-order valence-electron chi connectivity index (χ3n) is 4.37. The molecular formula is C19H17Cl3N2O2. The zero-order valence-electron chi connectivity index (χ0n) is 14.0. The lowest BCUT2D eigenvalue weighted by molar-refractivity contribution is -0.134. The highest BCUT2D eigenvalue weighted by molar-refractivity contribution is 6.42. The number of rotatable bonds is 5. The predicted octanol–water partition coefficient (Wildman–Crippen LogP) is 4.85. The van der Waals surface area contributed by atoms with Crippen molar-refractivity contribution in [1.82, 2.24) is 4.90 Å². The minimum atomic E-state index is -0.297. The monoisotopic (exact) mass is 410 g/mol. The van der Waals surface area contributed by atoms with E-state index in [2.05, 4.69) is 5.32 Å². The second-order valence-corrected chi connectivity index (χ2v) is 7.56. The van der Waals surface area contributed by atoms with Crippen molar-refractivity contribution in [3.63, 3.8) is 0 Å². The van der Waals surface area contributed by atoms with Gasteiger partial charge in [0.05, 0.1) is 16.6 Å². The van der Waals surface area contributed by atoms with Gasteiger partial charge in [-0.1, -0.05) is 53.0 Å². The summed E-state index contributed by atoms with van der Waals surface area (Å²) in [6.45, 7) is -0.0369. The van der Waals surface area contributed by atoms with Crippen molar-refractivity contribution in [2.75, 3.05) is 18.9 Å². The molecule has 1 aliphatic rings. The Morgan fingerprint density at radius 1 is 1.08 bits per heavy atom. The van der Waals surface area contributed by atoms with Crippen molar-refractivity contribution >= 4 is 52.3 Å². The van der Waals surface area contributed by atoms with Gasteiger partial charge in [-0.3, -0.25) is 9.59 Å². The van der Waals surface area contributed by atoms with Crippen molar-refractivity contribution in [3.05, 3.63) is 63.1 Å². The van der Waals surface area contributed by atoms with Gasteiger partial charge in [0.25, 0.3) is 0 Å². The maximum Gasteiger partial charge on any atom is 0.243 e. The Kier molecular flexibility index (Phi) is 5.76. The van der Waals surface area contributed by atoms with E-state index in [0.717, 1.165) is 12.0 Å². The fourth-order valence-electron chi connectivity index (χ4n) is 2.94. The molecule has 0 bridgehead atoms. The molecular weight excluding hydrogens is 395 g/mol. The van der Waals surface area contributed by atoms with Crippen molar-refractivity contribution in [1.29, 1.82) is 0 Å². The average molecular weight is 412 g/mol. The van der Waals surface area contributed by atoms with Crippen LogP contribution in [0.4, 0.5) is 5.69 Å². The molecule has 7 heteroatoms. The second kappa shape index (κ2) is 7.87. The van der Waals surface area contributed by atoms with Gasteiger partial charge < -0.3 is 10.2 Å². The van der Waals surface area contributed by atoms with Crippen LogP contribution in [0.3, 0.4) is 0 Å². The quantitative estimate of drug-likeness (QED) is 0.765. The van der Waals surface area contributed by atoms with Crippen LogP contribution in [0.1, 0.15) is 17.9 Å². The summed E-state index contributed by atoms with van der Waals surface area (Å²) in [5.41, 5.74) is 1.52. The minimum Gasteiger partial charge on any atom is -0.336 e. The van der Waals surface area contributed by atoms with Gasteiger partial charge >= 0.3 is 0 Å². The van der Waals surface area contributed by atoms with Gasteiger partial charge in [-0.05, 0) is 42.2 Å². The van der Waals surface area contributed by atoms with E-state index < -0.39 is 0 Å². The molecule has 26 heavy (non-hydrogen) atoms. The normalized spacial score (nSPS) is 18.3. The van der Waals surface area contributed by atoms with Gasteiger partial charge in [-0.15, -0.1) is 0 Å². The molecule has 0 aliphatic heterocycles. The van der Waals surface area contributed by atoms with Gasteiger partial charge in [-0.2, -0.15) is 0 Å². The van der Waals surface area contributed by atoms with Gasteiger partial charge in [0.1, 0.15) is 0 Å². The molecule has 1 fully saturated rings. The summed E-state index contributed by atoms with van der Waals surface area (Å²) >= 11 is 18.0. The Morgan fingerprint density at radius 3 is 2.50 bits per heavy atom. The smallest absolute Gasteiger partial charge is 0.243 e. The lowest BCUT2D eigenvalue weighted by Gasteiger charge is -2.17. The molecule has 0 saturated heterocycles. The molecule has 136 valence electrons. The Labute approximate surface area is 167 Å². The molecule has 2 amide bonds. The van der Waals surface area contributed by atoms with E-state index in [4.69, 9.17) is 34.8 Å². The number of hydrogen-bond donors (Lipinski definition) is 1. The third-order valence-corrected chi connectivity index (χ3v) is 5.46. The van der Waals surface area contributed by atoms with Crippen molar-refractivity contribution < 1.29 is 9.59 Å². The van der Waals surface area contributed by atoms with E-state index >= 15 is 0 Å². The lowest BCUT2D eigenvalue weighted by Crippen LogP contribution is -2.36. The van der Waals surface area contributed by atoms with Gasteiger partial charge in [0, 0.05) is 23.7 Å². The minimum absolute atomic E-state index is 0.0369. The SMILES string of the molecule is CN(CC(=O)Nc1ccc(Cl)c(Cl)c1)C(=O)C1CC1c1ccccc1Cl. The third kappa shape index (κ3) is 4.32. The summed E-state index contributed by atoms with van der Waals surface area (Å²) < 4.78 is 0. The van der Waals surface area contributed by atoms with E-state index in [1.54, 1.807) is 25.2 Å². The number of hydrogen-bond acceptors (Lipinski definition) is 2. The number of likely N-dealkylation sites (N-methyl/N-ethyl adjacent to an activating group) is 1. The molecule has 3 rings (SSSR count). The molecule has 1 N–H and O–H groups in total. The van der Waals surface area contributed by atoms with Crippen LogP contribution in [-0.2, 0) is 9.59 Å². The number of anilines is 1. The fraction of sp³-hybridized carbons (Fsp3) is 0.263. The Bertz CT molecular complexity index is 856. The van der Waals surface area contributed by atoms with Gasteiger partial charge in [0.2, 0.25) is 11.8 Å². The molecule has 1 saturated carbocycles. The summed E-state index contributed by atoms with van der Waals surface area (Å²) in [7, 11) is 1.62. The number of amides is 2. The Hall–Kier alpha value is -1.75. The van der Waals surface area contributed by atoms with E-state index in [1.165, 1.54) is 4.90 Å². The van der Waals surface area contributed by atoms with Crippen LogP contribution >= 0.6 is 34.8 Å². The zero-order chi connectivity index (χ0) is 18.8. The number of halogens is 3. The van der Waals surface area contributed by atoms with Crippen molar-refractivity contribution in [2.45, 2.75) is 12.3 Å². The number of benzene rings is 2. The lowest BCUT2D eigenvalue weighted by atomic mass is 10.1. The molecule has 4 nitrogen and oxygen atoms in total. The fourth-order valence-corrected chi connectivity index (χ4v) is 3.51. The molecule has 0 spiro atoms. The van der Waals surface area contributed by atoms with Crippen molar-refractivity contribution in [3.8, 4) is 0 Å². The molecule has 2 aromatic carbocycles. The molecule has 0 radical (unpaired) electrons. The van der Waals surface area contributed by atoms with Crippen LogP contribution in [-0.4, -0.2) is 30.3 Å². The number of nitrogens with one attached hydrogen (secondary N) is 1. The van der Waals surface area contributed by atoms with Crippen LogP contribution < -0.4 is 5.32 Å². The first-order valence-corrected chi connectivity index (χ1v) is 9.24. The maximum atomic E-state index is 12.6. The van der Waals surface area contributed by atoms with Crippen LogP contribution in [0.25, 0.3) is 0 Å². The first kappa shape index (κ1) is 19.0. The second-order valence-electron chi connectivity index (χ2n) is 6.34. The van der Waals surface area contributed by atoms with E-state index in [-0.39, 0.29) is 30.2 Å². The topological polar surface area (TPSA) is 49.4 Å². The predicted molar refractivity (Wildman–Crippen MR) is 105 cm³/mol. The van der Waals surface area contributed by atoms with E-state index in [9.17, 15) is 9.59 Å². The summed E-state index contributed by atoms with van der Waals surface area (Å²) in [6.07, 6.45) is 0.751. The number of carbonyl (C=O) groups is 2. The van der Waals surface area contributed by atoms with Crippen LogP contribution in [0.15, 0.2) is 42.5 Å². The molecule has 2 unspecified atom stereocenters. The number of carbonyl (C=O) groups excluding carboxylic acids is 2. The van der Waals surface area contributed by atoms with Gasteiger partial charge in [0.15, 0.2) is 0 Å². The first-order chi connectivity index (χ1) is 12.4. The van der Waals surface area contributed by atoms with E-state index in [0.29, 0.717) is 20.8 Å². The highest BCUT2D eigenvalue weighted by Crippen LogP contribution is 2.50. The Morgan fingerprint density at radius 2 is 1.81 bits per heavy atom. The van der Waals surface area contributed by atoms with Crippen LogP contribution in [0, 0.1) is 5.92 Å². The van der Waals surface area contributed by atoms with Gasteiger partial charge in [-0.25, -0.2) is 0 Å². The molecule has 2 aromatic rings. The summed E-state index contributed by atoms with van der Waals surface area (Å²) in [5, 5.41) is 4.15. The van der Waals surface area contributed by atoms with Crippen LogP contribution in [0.5, 0.6) is 0 Å². The highest BCUT2D eigenvalue weighted by Gasteiger charge is 2.46.